The maximum Gasteiger partial charge on any atom is 0.296 e. The lowest BCUT2D eigenvalue weighted by Gasteiger charge is -2.23. The Bertz CT molecular complexity index is 1180. The number of ketones is 1. The van der Waals surface area contributed by atoms with Crippen LogP contribution in [0.2, 0.25) is 5.02 Å². The molecule has 8 heteroatoms. The summed E-state index contributed by atoms with van der Waals surface area (Å²) in [6.45, 7) is 0.139. The normalized spacial score (nSPS) is 17.6. The monoisotopic (exact) mass is 453 g/mol. The molecule has 3 aromatic rings. The molecule has 0 saturated carbocycles. The van der Waals surface area contributed by atoms with E-state index in [-0.39, 0.29) is 28.5 Å². The van der Waals surface area contributed by atoms with Crippen molar-refractivity contribution >= 4 is 29.1 Å². The van der Waals surface area contributed by atoms with Gasteiger partial charge in [-0.15, -0.1) is 0 Å². The molecular weight excluding hydrogens is 434 g/mol. The van der Waals surface area contributed by atoms with Crippen molar-refractivity contribution in [1.29, 1.82) is 0 Å². The molecule has 1 atom stereocenters. The molecule has 1 amide bonds. The number of rotatable bonds is 6. The molecule has 1 saturated heterocycles. The third-order valence-corrected chi connectivity index (χ3v) is 5.59. The van der Waals surface area contributed by atoms with E-state index in [4.69, 9.17) is 25.5 Å². The highest BCUT2D eigenvalue weighted by molar-refractivity contribution is 6.46. The highest BCUT2D eigenvalue weighted by Crippen LogP contribution is 2.41. The van der Waals surface area contributed by atoms with Gasteiger partial charge in [0, 0.05) is 12.1 Å². The molecule has 1 aliphatic heterocycles. The Kier molecular flexibility index (Phi) is 5.92. The Morgan fingerprint density at radius 3 is 2.44 bits per heavy atom. The van der Waals surface area contributed by atoms with Gasteiger partial charge in [-0.1, -0.05) is 23.7 Å². The lowest BCUT2D eigenvalue weighted by atomic mass is 9.99. The number of halogens is 1. The number of Topliss-reactive ketones (excluding diaryl/α,β-unsaturated/α-hetero) is 1. The van der Waals surface area contributed by atoms with Gasteiger partial charge in [-0.3, -0.25) is 9.59 Å². The lowest BCUT2D eigenvalue weighted by Crippen LogP contribution is -2.29. The summed E-state index contributed by atoms with van der Waals surface area (Å²) in [6, 6.07) is 14.2. The number of methoxy groups -OCH3 is 2. The van der Waals surface area contributed by atoms with Gasteiger partial charge in [-0.25, -0.2) is 0 Å². The Morgan fingerprint density at radius 1 is 1.09 bits per heavy atom. The summed E-state index contributed by atoms with van der Waals surface area (Å²) in [5.41, 5.74) is 1.01. The van der Waals surface area contributed by atoms with Crippen LogP contribution in [0.3, 0.4) is 0 Å². The molecule has 0 aliphatic carbocycles. The predicted octanol–water partition coefficient (Wildman–Crippen LogP) is 4.57. The van der Waals surface area contributed by atoms with Crippen LogP contribution < -0.4 is 9.47 Å². The molecule has 1 unspecified atom stereocenters. The number of likely N-dealkylation sites (tertiary alicyclic amines) is 1. The molecule has 0 bridgehead atoms. The van der Waals surface area contributed by atoms with Crippen molar-refractivity contribution in [3.05, 3.63) is 88.3 Å². The van der Waals surface area contributed by atoms with Crippen LogP contribution in [-0.2, 0) is 16.1 Å². The Labute approximate surface area is 189 Å². The molecule has 0 spiro atoms. The predicted molar refractivity (Wildman–Crippen MR) is 118 cm³/mol. The number of aliphatic hydroxyl groups excluding tert-OH is 1. The van der Waals surface area contributed by atoms with Gasteiger partial charge in [0.25, 0.3) is 11.7 Å². The quantitative estimate of drug-likeness (QED) is 0.334. The van der Waals surface area contributed by atoms with E-state index < -0.39 is 17.7 Å². The summed E-state index contributed by atoms with van der Waals surface area (Å²) in [5, 5.41) is 11.3. The van der Waals surface area contributed by atoms with Crippen LogP contribution in [0.4, 0.5) is 0 Å². The second-order valence-electron chi connectivity index (χ2n) is 7.14. The van der Waals surface area contributed by atoms with Gasteiger partial charge in [0.2, 0.25) is 0 Å². The van der Waals surface area contributed by atoms with Crippen LogP contribution in [0.1, 0.15) is 22.9 Å². The number of hydrogen-bond acceptors (Lipinski definition) is 6. The number of benzene rings is 2. The third-order valence-electron chi connectivity index (χ3n) is 5.29. The first-order chi connectivity index (χ1) is 15.4. The molecule has 1 fully saturated rings. The van der Waals surface area contributed by atoms with Gasteiger partial charge in [0.1, 0.15) is 29.1 Å². The van der Waals surface area contributed by atoms with E-state index in [0.29, 0.717) is 17.3 Å². The molecular formula is C24H20ClNO6. The van der Waals surface area contributed by atoms with E-state index in [2.05, 4.69) is 0 Å². The fourth-order valence-electron chi connectivity index (χ4n) is 3.68. The second-order valence-corrected chi connectivity index (χ2v) is 7.55. The zero-order chi connectivity index (χ0) is 22.8. The topological polar surface area (TPSA) is 89.2 Å². The third kappa shape index (κ3) is 3.83. The van der Waals surface area contributed by atoms with E-state index >= 15 is 0 Å². The summed E-state index contributed by atoms with van der Waals surface area (Å²) in [6.07, 6.45) is 1.45. The maximum atomic E-state index is 13.0. The minimum atomic E-state index is -0.895. The second kappa shape index (κ2) is 8.80. The Hall–Kier alpha value is -3.71. The average molecular weight is 454 g/mol. The van der Waals surface area contributed by atoms with Crippen LogP contribution in [0.15, 0.2) is 70.9 Å². The molecule has 0 radical (unpaired) electrons. The van der Waals surface area contributed by atoms with Crippen LogP contribution in [0, 0.1) is 0 Å². The molecule has 2 heterocycles. The van der Waals surface area contributed by atoms with Crippen molar-refractivity contribution in [2.75, 3.05) is 14.2 Å². The Morgan fingerprint density at radius 2 is 1.84 bits per heavy atom. The minimum absolute atomic E-state index is 0.0697. The lowest BCUT2D eigenvalue weighted by molar-refractivity contribution is -0.140. The molecule has 1 aliphatic rings. The first kappa shape index (κ1) is 21.5. The number of aliphatic hydroxyl groups is 1. The molecule has 2 aromatic carbocycles. The van der Waals surface area contributed by atoms with E-state index in [1.807, 2.05) is 0 Å². The van der Waals surface area contributed by atoms with Crippen LogP contribution >= 0.6 is 11.6 Å². The number of carbonyl (C=O) groups is 2. The van der Waals surface area contributed by atoms with Crippen molar-refractivity contribution in [2.24, 2.45) is 0 Å². The van der Waals surface area contributed by atoms with Crippen molar-refractivity contribution in [2.45, 2.75) is 12.6 Å². The molecule has 7 nitrogen and oxygen atoms in total. The van der Waals surface area contributed by atoms with E-state index in [0.717, 1.165) is 5.56 Å². The smallest absolute Gasteiger partial charge is 0.296 e. The molecule has 1 aromatic heterocycles. The summed E-state index contributed by atoms with van der Waals surface area (Å²) in [4.78, 5) is 27.4. The molecule has 164 valence electrons. The number of amides is 1. The first-order valence-electron chi connectivity index (χ1n) is 9.73. The summed E-state index contributed by atoms with van der Waals surface area (Å²) in [7, 11) is 3.04. The Balaban J connectivity index is 1.79. The number of hydrogen-bond donors (Lipinski definition) is 1. The first-order valence-corrected chi connectivity index (χ1v) is 10.1. The van der Waals surface area contributed by atoms with E-state index in [9.17, 15) is 14.7 Å². The van der Waals surface area contributed by atoms with Crippen molar-refractivity contribution in [1.82, 2.24) is 4.90 Å². The van der Waals surface area contributed by atoms with Crippen molar-refractivity contribution in [3.63, 3.8) is 0 Å². The van der Waals surface area contributed by atoms with Gasteiger partial charge in [-0.2, -0.15) is 0 Å². The van der Waals surface area contributed by atoms with Crippen LogP contribution in [-0.4, -0.2) is 35.9 Å². The SMILES string of the molecule is COc1ccc(CN2C(=O)C(=O)/C(=C(\O)c3ccc(OC)c(Cl)c3)C2c2ccco2)cc1. The molecule has 4 rings (SSSR count). The van der Waals surface area contributed by atoms with Gasteiger partial charge < -0.3 is 23.9 Å². The highest BCUT2D eigenvalue weighted by atomic mass is 35.5. The van der Waals surface area contributed by atoms with E-state index in [1.54, 1.807) is 55.6 Å². The summed E-state index contributed by atoms with van der Waals surface area (Å²) < 4.78 is 15.8. The zero-order valence-corrected chi connectivity index (χ0v) is 18.1. The average Bonchev–Trinajstić information content (AvgIpc) is 3.42. The van der Waals surface area contributed by atoms with Crippen molar-refractivity contribution in [3.8, 4) is 11.5 Å². The highest BCUT2D eigenvalue weighted by Gasteiger charge is 2.47. The molecule has 1 N–H and O–H groups in total. The van der Waals surface area contributed by atoms with Crippen LogP contribution in [0.5, 0.6) is 11.5 Å². The largest absolute Gasteiger partial charge is 0.507 e. The fourth-order valence-corrected chi connectivity index (χ4v) is 3.94. The summed E-state index contributed by atoms with van der Waals surface area (Å²) >= 11 is 6.19. The number of furan rings is 1. The van der Waals surface area contributed by atoms with Gasteiger partial charge in [0.15, 0.2) is 0 Å². The number of ether oxygens (including phenoxy) is 2. The summed E-state index contributed by atoms with van der Waals surface area (Å²) in [5.74, 6) is -0.418. The minimum Gasteiger partial charge on any atom is -0.507 e. The number of nitrogens with zero attached hydrogens (tertiary/aromatic N) is 1. The van der Waals surface area contributed by atoms with Crippen molar-refractivity contribution < 1.29 is 28.6 Å². The van der Waals surface area contributed by atoms with E-state index in [1.165, 1.54) is 24.3 Å². The van der Waals surface area contributed by atoms with Gasteiger partial charge in [0.05, 0.1) is 31.1 Å². The maximum absolute atomic E-state index is 13.0. The zero-order valence-electron chi connectivity index (χ0n) is 17.4. The van der Waals surface area contributed by atoms with Gasteiger partial charge >= 0.3 is 0 Å². The van der Waals surface area contributed by atoms with Gasteiger partial charge in [-0.05, 0) is 48.0 Å². The number of carbonyl (C=O) groups excluding carboxylic acids is 2. The fraction of sp³-hybridized carbons (Fsp3) is 0.167. The standard InChI is InChI=1S/C24H20ClNO6/c1-30-16-8-5-14(6-9-16)13-26-21(19-4-3-11-32-19)20(23(28)24(26)29)22(27)15-7-10-18(31-2)17(25)12-15/h3-12,21,27H,13H2,1-2H3/b22-20-. The molecule has 32 heavy (non-hydrogen) atoms. The van der Waals surface area contributed by atoms with Crippen LogP contribution in [0.25, 0.3) is 5.76 Å².